The summed E-state index contributed by atoms with van der Waals surface area (Å²) in [4.78, 5) is 19.7. The molecular weight excluding hydrogens is 324 g/mol. The van der Waals surface area contributed by atoms with Gasteiger partial charge in [0.05, 0.1) is 22.8 Å². The van der Waals surface area contributed by atoms with Gasteiger partial charge in [0, 0.05) is 30.9 Å². The first-order valence-electron chi connectivity index (χ1n) is 9.07. The zero-order chi connectivity index (χ0) is 17.7. The molecule has 5 heteroatoms. The molecule has 0 spiro atoms. The van der Waals surface area contributed by atoms with Crippen molar-refractivity contribution in [2.24, 2.45) is 7.05 Å². The van der Waals surface area contributed by atoms with E-state index in [1.165, 1.54) is 5.57 Å². The summed E-state index contributed by atoms with van der Waals surface area (Å²) in [5.74, 6) is 0.0936. The standard InChI is InChI=1S/C21H20N4O/c1-24-20(8-9-23-24)15-11-17-6-7-18(12-15)25(17)21(26)16-10-14-4-2-3-5-19(14)22-13-16/h2-5,8-11,13,17-18H,6-7,12H2,1H3. The molecule has 2 aliphatic heterocycles. The van der Waals surface area contributed by atoms with Crippen molar-refractivity contribution in [1.82, 2.24) is 19.7 Å². The lowest BCUT2D eigenvalue weighted by atomic mass is 9.97. The molecule has 0 aliphatic carbocycles. The van der Waals surface area contributed by atoms with Crippen LogP contribution in [-0.2, 0) is 7.05 Å². The fourth-order valence-corrected chi connectivity index (χ4v) is 4.36. The Morgan fingerprint density at radius 2 is 2.08 bits per heavy atom. The summed E-state index contributed by atoms with van der Waals surface area (Å²) in [7, 11) is 1.97. The Morgan fingerprint density at radius 1 is 1.19 bits per heavy atom. The number of amides is 1. The van der Waals surface area contributed by atoms with E-state index in [4.69, 9.17) is 0 Å². The van der Waals surface area contributed by atoms with Crippen molar-refractivity contribution in [3.63, 3.8) is 0 Å². The average Bonchev–Trinajstić information content (AvgIpc) is 3.21. The third-order valence-electron chi connectivity index (χ3n) is 5.62. The number of hydrogen-bond acceptors (Lipinski definition) is 3. The molecule has 2 bridgehead atoms. The summed E-state index contributed by atoms with van der Waals surface area (Å²) in [6, 6.07) is 12.4. The zero-order valence-electron chi connectivity index (χ0n) is 14.7. The lowest BCUT2D eigenvalue weighted by Gasteiger charge is -2.34. The molecule has 2 aliphatic rings. The minimum atomic E-state index is 0.0936. The van der Waals surface area contributed by atoms with Crippen LogP contribution >= 0.6 is 0 Å². The zero-order valence-corrected chi connectivity index (χ0v) is 14.7. The van der Waals surface area contributed by atoms with Crippen LogP contribution < -0.4 is 0 Å². The number of pyridine rings is 1. The molecule has 130 valence electrons. The highest BCUT2D eigenvalue weighted by atomic mass is 16.2. The lowest BCUT2D eigenvalue weighted by molar-refractivity contribution is 0.0692. The van der Waals surface area contributed by atoms with Crippen LogP contribution in [0.4, 0.5) is 0 Å². The molecule has 1 fully saturated rings. The van der Waals surface area contributed by atoms with Crippen molar-refractivity contribution in [2.45, 2.75) is 31.3 Å². The number of rotatable bonds is 2. The first-order chi connectivity index (χ1) is 12.7. The minimum absolute atomic E-state index is 0.0936. The number of aryl methyl sites for hydroxylation is 1. The SMILES string of the molecule is Cn1nccc1C1=CC2CCC(C1)N2C(=O)c1cnc2ccccc2c1. The van der Waals surface area contributed by atoms with Gasteiger partial charge in [-0.15, -0.1) is 0 Å². The van der Waals surface area contributed by atoms with E-state index in [0.717, 1.165) is 35.9 Å². The van der Waals surface area contributed by atoms with Crippen molar-refractivity contribution < 1.29 is 4.79 Å². The van der Waals surface area contributed by atoms with Gasteiger partial charge in [0.1, 0.15) is 0 Å². The average molecular weight is 344 g/mol. The fourth-order valence-electron chi connectivity index (χ4n) is 4.36. The molecule has 3 aromatic rings. The highest BCUT2D eigenvalue weighted by Gasteiger charge is 2.40. The number of carbonyl (C=O) groups is 1. The molecule has 1 saturated heterocycles. The second-order valence-electron chi connectivity index (χ2n) is 7.16. The molecule has 2 atom stereocenters. The monoisotopic (exact) mass is 344 g/mol. The topological polar surface area (TPSA) is 51.0 Å². The maximum absolute atomic E-state index is 13.2. The van der Waals surface area contributed by atoms with Gasteiger partial charge in [-0.2, -0.15) is 5.10 Å². The Morgan fingerprint density at radius 3 is 2.88 bits per heavy atom. The first kappa shape index (κ1) is 15.3. The molecule has 0 radical (unpaired) electrons. The summed E-state index contributed by atoms with van der Waals surface area (Å²) in [5, 5.41) is 5.29. The summed E-state index contributed by atoms with van der Waals surface area (Å²) >= 11 is 0. The van der Waals surface area contributed by atoms with Crippen molar-refractivity contribution in [2.75, 3.05) is 0 Å². The maximum atomic E-state index is 13.2. The molecule has 2 aromatic heterocycles. The Labute approximate surface area is 152 Å². The Balaban J connectivity index is 1.48. The Hall–Kier alpha value is -2.95. The highest BCUT2D eigenvalue weighted by molar-refractivity contribution is 5.98. The number of benzene rings is 1. The molecule has 2 unspecified atom stereocenters. The number of hydrogen-bond donors (Lipinski definition) is 0. The van der Waals surface area contributed by atoms with E-state index in [0.29, 0.717) is 5.56 Å². The molecule has 1 aromatic carbocycles. The van der Waals surface area contributed by atoms with Gasteiger partial charge in [-0.05, 0) is 43.0 Å². The quantitative estimate of drug-likeness (QED) is 0.716. The number of nitrogens with zero attached hydrogens (tertiary/aromatic N) is 4. The highest BCUT2D eigenvalue weighted by Crippen LogP contribution is 2.39. The van der Waals surface area contributed by atoms with E-state index in [1.54, 1.807) is 6.20 Å². The second kappa shape index (κ2) is 5.80. The predicted molar refractivity (Wildman–Crippen MR) is 101 cm³/mol. The summed E-state index contributed by atoms with van der Waals surface area (Å²) in [5.41, 5.74) is 4.06. The van der Waals surface area contributed by atoms with Crippen LogP contribution in [0.3, 0.4) is 0 Å². The van der Waals surface area contributed by atoms with E-state index in [2.05, 4.69) is 27.1 Å². The molecule has 5 rings (SSSR count). The third-order valence-corrected chi connectivity index (χ3v) is 5.62. The Kier molecular flexibility index (Phi) is 3.42. The van der Waals surface area contributed by atoms with Gasteiger partial charge in [-0.1, -0.05) is 24.3 Å². The van der Waals surface area contributed by atoms with Crippen LogP contribution in [0.25, 0.3) is 16.5 Å². The summed E-state index contributed by atoms with van der Waals surface area (Å²) in [6.07, 6.45) is 8.77. The molecule has 0 N–H and O–H groups in total. The van der Waals surface area contributed by atoms with Crippen molar-refractivity contribution >= 4 is 22.4 Å². The van der Waals surface area contributed by atoms with Crippen LogP contribution in [-0.4, -0.2) is 37.7 Å². The van der Waals surface area contributed by atoms with Gasteiger partial charge in [-0.3, -0.25) is 14.5 Å². The second-order valence-corrected chi connectivity index (χ2v) is 7.16. The summed E-state index contributed by atoms with van der Waals surface area (Å²) in [6.45, 7) is 0. The molecule has 5 nitrogen and oxygen atoms in total. The maximum Gasteiger partial charge on any atom is 0.256 e. The van der Waals surface area contributed by atoms with Gasteiger partial charge < -0.3 is 4.90 Å². The van der Waals surface area contributed by atoms with Crippen molar-refractivity contribution in [1.29, 1.82) is 0 Å². The van der Waals surface area contributed by atoms with Crippen molar-refractivity contribution in [3.8, 4) is 0 Å². The number of aromatic nitrogens is 3. The fraction of sp³-hybridized carbons (Fsp3) is 0.286. The van der Waals surface area contributed by atoms with Crippen LogP contribution in [0.5, 0.6) is 0 Å². The van der Waals surface area contributed by atoms with Gasteiger partial charge in [0.25, 0.3) is 5.91 Å². The normalized spacial score (nSPS) is 21.9. The van der Waals surface area contributed by atoms with Crippen LogP contribution in [0.1, 0.15) is 35.3 Å². The van der Waals surface area contributed by atoms with Gasteiger partial charge in [0.2, 0.25) is 0 Å². The molecule has 1 amide bonds. The number of fused-ring (bicyclic) bond motifs is 3. The molecule has 0 saturated carbocycles. The summed E-state index contributed by atoms with van der Waals surface area (Å²) < 4.78 is 1.91. The molecule has 4 heterocycles. The third kappa shape index (κ3) is 2.35. The molecule has 26 heavy (non-hydrogen) atoms. The van der Waals surface area contributed by atoms with Crippen LogP contribution in [0.2, 0.25) is 0 Å². The first-order valence-corrected chi connectivity index (χ1v) is 9.07. The van der Waals surface area contributed by atoms with E-state index in [-0.39, 0.29) is 18.0 Å². The van der Waals surface area contributed by atoms with E-state index < -0.39 is 0 Å². The lowest BCUT2D eigenvalue weighted by Crippen LogP contribution is -2.43. The number of para-hydroxylation sites is 1. The Bertz CT molecular complexity index is 1040. The van der Waals surface area contributed by atoms with Gasteiger partial charge in [0.15, 0.2) is 0 Å². The number of carbonyl (C=O) groups excluding carboxylic acids is 1. The van der Waals surface area contributed by atoms with Gasteiger partial charge in [-0.25, -0.2) is 0 Å². The van der Waals surface area contributed by atoms with Gasteiger partial charge >= 0.3 is 0 Å². The molecular formula is C21H20N4O. The van der Waals surface area contributed by atoms with E-state index in [1.807, 2.05) is 48.3 Å². The van der Waals surface area contributed by atoms with Crippen molar-refractivity contribution in [3.05, 3.63) is 66.1 Å². The predicted octanol–water partition coefficient (Wildman–Crippen LogP) is 3.43. The van der Waals surface area contributed by atoms with Crippen LogP contribution in [0, 0.1) is 0 Å². The smallest absolute Gasteiger partial charge is 0.256 e. The largest absolute Gasteiger partial charge is 0.329 e. The van der Waals surface area contributed by atoms with E-state index >= 15 is 0 Å². The van der Waals surface area contributed by atoms with Crippen LogP contribution in [0.15, 0.2) is 54.9 Å². The van der Waals surface area contributed by atoms with E-state index in [9.17, 15) is 4.79 Å². The minimum Gasteiger partial charge on any atom is -0.329 e.